The maximum Gasteiger partial charge on any atom is 0.227 e. The van der Waals surface area contributed by atoms with Crippen LogP contribution in [0.1, 0.15) is 5.76 Å². The number of aryl methyl sites for hydroxylation is 1. The van der Waals surface area contributed by atoms with E-state index in [0.29, 0.717) is 22.9 Å². The molecular weight excluding hydrogens is 376 g/mol. The Morgan fingerprint density at radius 3 is 2.10 bits per heavy atom. The van der Waals surface area contributed by atoms with Crippen molar-refractivity contribution in [1.82, 2.24) is 9.79 Å². The van der Waals surface area contributed by atoms with Crippen molar-refractivity contribution in [3.63, 3.8) is 0 Å². The van der Waals surface area contributed by atoms with Crippen LogP contribution in [0.4, 0.5) is 5.69 Å². The van der Waals surface area contributed by atoms with Crippen molar-refractivity contribution >= 4 is 5.69 Å². The number of quaternary nitrogens is 1. The van der Waals surface area contributed by atoms with Crippen LogP contribution in [-0.2, 0) is 9.68 Å². The van der Waals surface area contributed by atoms with Crippen LogP contribution in [0.3, 0.4) is 0 Å². The summed E-state index contributed by atoms with van der Waals surface area (Å²) in [5.74, 6) is 1.44. The van der Waals surface area contributed by atoms with Gasteiger partial charge in [-0.1, -0.05) is 12.1 Å². The first-order valence-corrected chi connectivity index (χ1v) is 8.89. The Morgan fingerprint density at radius 1 is 0.966 bits per heavy atom. The number of benzene rings is 2. The first-order chi connectivity index (χ1) is 13.9. The fourth-order valence-electron chi connectivity index (χ4n) is 3.09. The van der Waals surface area contributed by atoms with Gasteiger partial charge in [0.2, 0.25) is 17.3 Å². The largest absolute Gasteiger partial charge is 0.502 e. The van der Waals surface area contributed by atoms with E-state index >= 15 is 0 Å². The number of hydroxylamine groups is 2. The van der Waals surface area contributed by atoms with Gasteiger partial charge in [-0.25, -0.2) is 4.98 Å². The molecule has 0 unspecified atom stereocenters. The summed E-state index contributed by atoms with van der Waals surface area (Å²) < 4.78 is 16.4. The summed E-state index contributed by atoms with van der Waals surface area (Å²) in [6.45, 7) is 1.83. The molecule has 0 amide bonds. The standard InChI is InChI=1S/C21H24N2O6/c1-13-19(15-9-7-8-10-16(15)23(2,27-5)28-6)22-21(29-13)14-11-17(25-3)20(24)18(12-14)26-4/h7-12H,1-6H3/p+1. The molecule has 0 bridgehead atoms. The Labute approximate surface area is 169 Å². The molecule has 3 aromatic rings. The Kier molecular flexibility index (Phi) is 5.78. The van der Waals surface area contributed by atoms with Gasteiger partial charge in [-0.3, -0.25) is 0 Å². The third kappa shape index (κ3) is 3.65. The number of oxazole rings is 1. The van der Waals surface area contributed by atoms with E-state index < -0.39 is 0 Å². The summed E-state index contributed by atoms with van der Waals surface area (Å²) in [6, 6.07) is 10.9. The van der Waals surface area contributed by atoms with Crippen molar-refractivity contribution < 1.29 is 28.7 Å². The monoisotopic (exact) mass is 401 g/mol. The highest BCUT2D eigenvalue weighted by molar-refractivity contribution is 5.77. The highest BCUT2D eigenvalue weighted by Gasteiger charge is 2.32. The molecule has 0 aliphatic rings. The van der Waals surface area contributed by atoms with Gasteiger partial charge in [0.25, 0.3) is 0 Å². The number of hydrogen-bond donors (Lipinski definition) is 1. The van der Waals surface area contributed by atoms with Crippen molar-refractivity contribution in [2.45, 2.75) is 6.92 Å². The highest BCUT2D eigenvalue weighted by Crippen LogP contribution is 2.42. The number of rotatable bonds is 7. The number of aromatic hydroxyl groups is 1. The molecule has 1 heterocycles. The number of aromatic nitrogens is 1. The predicted octanol–water partition coefficient (Wildman–Crippen LogP) is 4.10. The molecule has 0 spiro atoms. The average Bonchev–Trinajstić information content (AvgIpc) is 3.14. The summed E-state index contributed by atoms with van der Waals surface area (Å²) in [4.78, 5) is 15.6. The molecule has 8 heteroatoms. The quantitative estimate of drug-likeness (QED) is 0.471. The van der Waals surface area contributed by atoms with Gasteiger partial charge in [0, 0.05) is 11.6 Å². The zero-order chi connectivity index (χ0) is 21.2. The Hall–Kier alpha value is -3.07. The lowest BCUT2D eigenvalue weighted by Gasteiger charge is -2.26. The van der Waals surface area contributed by atoms with Crippen molar-refractivity contribution in [3.8, 4) is 40.0 Å². The van der Waals surface area contributed by atoms with Crippen LogP contribution in [0.25, 0.3) is 22.7 Å². The van der Waals surface area contributed by atoms with Gasteiger partial charge in [-0.05, 0) is 29.9 Å². The molecule has 8 nitrogen and oxygen atoms in total. The molecule has 0 atom stereocenters. The van der Waals surface area contributed by atoms with Crippen LogP contribution < -0.4 is 14.3 Å². The second-order valence-corrected chi connectivity index (χ2v) is 6.38. The highest BCUT2D eigenvalue weighted by atomic mass is 17.0. The van der Waals surface area contributed by atoms with Crippen molar-refractivity contribution in [3.05, 3.63) is 42.2 Å². The number of nitrogens with zero attached hydrogens (tertiary/aromatic N) is 2. The SMILES string of the molecule is COc1cc(-c2nc(-c3ccccc3[N+](C)(OC)OC)c(C)o2)cc(OC)c1O. The van der Waals surface area contributed by atoms with E-state index in [9.17, 15) is 5.11 Å². The van der Waals surface area contributed by atoms with E-state index in [0.717, 1.165) is 11.3 Å². The van der Waals surface area contributed by atoms with Gasteiger partial charge in [-0.15, -0.1) is 0 Å². The number of para-hydroxylation sites is 1. The van der Waals surface area contributed by atoms with Gasteiger partial charge < -0.3 is 19.0 Å². The summed E-state index contributed by atoms with van der Waals surface area (Å²) in [5, 5.41) is 10.1. The van der Waals surface area contributed by atoms with Crippen LogP contribution >= 0.6 is 0 Å². The van der Waals surface area contributed by atoms with E-state index in [1.807, 2.05) is 31.2 Å². The van der Waals surface area contributed by atoms with Gasteiger partial charge in [0.1, 0.15) is 32.7 Å². The second-order valence-electron chi connectivity index (χ2n) is 6.38. The third-order valence-electron chi connectivity index (χ3n) is 4.82. The number of methoxy groups -OCH3 is 2. The fraction of sp³-hybridized carbons (Fsp3) is 0.286. The first-order valence-electron chi connectivity index (χ1n) is 8.89. The molecule has 0 fully saturated rings. The van der Waals surface area contributed by atoms with Crippen molar-refractivity contribution in [2.75, 3.05) is 35.5 Å². The van der Waals surface area contributed by atoms with E-state index in [1.165, 1.54) is 14.2 Å². The molecule has 2 aromatic carbocycles. The first kappa shape index (κ1) is 20.7. The molecule has 0 aliphatic carbocycles. The molecular formula is C21H25N2O6+. The molecule has 0 aliphatic heterocycles. The van der Waals surface area contributed by atoms with E-state index in [-0.39, 0.29) is 22.1 Å². The van der Waals surface area contributed by atoms with Crippen LogP contribution in [-0.4, -0.2) is 45.6 Å². The lowest BCUT2D eigenvalue weighted by molar-refractivity contribution is -0.310. The van der Waals surface area contributed by atoms with Gasteiger partial charge in [-0.2, -0.15) is 9.68 Å². The molecule has 3 rings (SSSR count). The topological polar surface area (TPSA) is 83.2 Å². The molecule has 154 valence electrons. The molecule has 1 N–H and O–H groups in total. The Bertz CT molecular complexity index is 985. The second kappa shape index (κ2) is 8.12. The zero-order valence-corrected chi connectivity index (χ0v) is 17.3. The Morgan fingerprint density at radius 2 is 1.55 bits per heavy atom. The molecule has 0 saturated carbocycles. The predicted molar refractivity (Wildman–Crippen MR) is 109 cm³/mol. The molecule has 0 radical (unpaired) electrons. The number of phenols is 1. The van der Waals surface area contributed by atoms with Gasteiger partial charge in [0.15, 0.2) is 11.5 Å². The summed E-state index contributed by atoms with van der Waals surface area (Å²) >= 11 is 0. The smallest absolute Gasteiger partial charge is 0.227 e. The summed E-state index contributed by atoms with van der Waals surface area (Å²) in [6.07, 6.45) is 0. The van der Waals surface area contributed by atoms with Crippen LogP contribution in [0.2, 0.25) is 0 Å². The van der Waals surface area contributed by atoms with Crippen molar-refractivity contribution in [1.29, 1.82) is 0 Å². The minimum Gasteiger partial charge on any atom is -0.502 e. The van der Waals surface area contributed by atoms with Gasteiger partial charge in [0.05, 0.1) is 19.8 Å². The number of ether oxygens (including phenoxy) is 2. The minimum atomic E-state index is -0.196. The minimum absolute atomic E-state index is 0.0825. The molecule has 1 aromatic heterocycles. The molecule has 29 heavy (non-hydrogen) atoms. The maximum absolute atomic E-state index is 10.1. The fourth-order valence-corrected chi connectivity index (χ4v) is 3.09. The normalized spacial score (nSPS) is 11.5. The number of hydrogen-bond acceptors (Lipinski definition) is 7. The molecule has 0 saturated heterocycles. The van der Waals surface area contributed by atoms with Crippen LogP contribution in [0.15, 0.2) is 40.8 Å². The lowest BCUT2D eigenvalue weighted by Crippen LogP contribution is -2.42. The lowest BCUT2D eigenvalue weighted by atomic mass is 10.1. The third-order valence-corrected chi connectivity index (χ3v) is 4.82. The van der Waals surface area contributed by atoms with Crippen LogP contribution in [0, 0.1) is 6.92 Å². The van der Waals surface area contributed by atoms with E-state index in [1.54, 1.807) is 33.4 Å². The van der Waals surface area contributed by atoms with Gasteiger partial charge >= 0.3 is 0 Å². The number of phenolic OH excluding ortho intramolecular Hbond substituents is 1. The van der Waals surface area contributed by atoms with E-state index in [4.69, 9.17) is 28.6 Å². The Balaban J connectivity index is 2.15. The van der Waals surface area contributed by atoms with E-state index in [2.05, 4.69) is 0 Å². The summed E-state index contributed by atoms with van der Waals surface area (Å²) in [7, 11) is 7.85. The average molecular weight is 401 g/mol. The maximum atomic E-state index is 10.1. The zero-order valence-electron chi connectivity index (χ0n) is 17.3. The summed E-state index contributed by atoms with van der Waals surface area (Å²) in [5.41, 5.74) is 2.84. The van der Waals surface area contributed by atoms with Crippen molar-refractivity contribution in [2.24, 2.45) is 0 Å². The van der Waals surface area contributed by atoms with Crippen LogP contribution in [0.5, 0.6) is 17.2 Å².